The van der Waals surface area contributed by atoms with Gasteiger partial charge in [-0.3, -0.25) is 18.6 Å². The van der Waals surface area contributed by atoms with Crippen LogP contribution in [0.3, 0.4) is 0 Å². The summed E-state index contributed by atoms with van der Waals surface area (Å²) in [6.07, 6.45) is 25.8. The Morgan fingerprint density at radius 3 is 1.37 bits per heavy atom. The lowest BCUT2D eigenvalue weighted by Crippen LogP contribution is -2.29. The molecule has 0 saturated carbocycles. The molecule has 3 N–H and O–H groups in total. The van der Waals surface area contributed by atoms with E-state index in [4.69, 9.17) is 19.1 Å². The van der Waals surface area contributed by atoms with E-state index < -0.39 is 51.8 Å². The average Bonchev–Trinajstić information content (AvgIpc) is 3.04. The van der Waals surface area contributed by atoms with Crippen molar-refractivity contribution < 1.29 is 47.8 Å². The highest BCUT2D eigenvalue weighted by molar-refractivity contribution is 7.47. The van der Waals surface area contributed by atoms with E-state index in [2.05, 4.69) is 18.4 Å². The maximum Gasteiger partial charge on any atom is 0.472 e. The number of esters is 2. The summed E-state index contributed by atoms with van der Waals surface area (Å²) in [6.45, 7) is 2.25. The summed E-state index contributed by atoms with van der Waals surface area (Å²) in [5, 5.41) is 18.2. The number of carbonyl (C=O) groups excluding carboxylic acids is 2. The third-order valence-corrected chi connectivity index (χ3v) is 8.96. The number of unbranched alkanes of at least 4 members (excludes halogenated alkanes) is 21. The van der Waals surface area contributed by atoms with Gasteiger partial charge in [0.05, 0.1) is 19.8 Å². The smallest absolute Gasteiger partial charge is 0.462 e. The van der Waals surface area contributed by atoms with E-state index in [1.54, 1.807) is 0 Å². The van der Waals surface area contributed by atoms with E-state index in [-0.39, 0.29) is 19.4 Å². The first kappa shape index (κ1) is 45.0. The highest BCUT2D eigenvalue weighted by atomic mass is 31.2. The van der Waals surface area contributed by atoms with Crippen LogP contribution in [-0.2, 0) is 32.7 Å². The zero-order valence-corrected chi connectivity index (χ0v) is 30.2. The molecule has 11 heteroatoms. The number of rotatable bonds is 35. The van der Waals surface area contributed by atoms with Crippen LogP contribution in [0.2, 0.25) is 0 Å². The van der Waals surface area contributed by atoms with Crippen molar-refractivity contribution >= 4 is 19.8 Å². The molecule has 0 aliphatic carbocycles. The Kier molecular flexibility index (Phi) is 31.8. The first-order valence-corrected chi connectivity index (χ1v) is 20.0. The van der Waals surface area contributed by atoms with E-state index in [9.17, 15) is 24.2 Å². The van der Waals surface area contributed by atoms with Gasteiger partial charge in [0, 0.05) is 12.8 Å². The van der Waals surface area contributed by atoms with Crippen LogP contribution < -0.4 is 0 Å². The molecule has 274 valence electrons. The van der Waals surface area contributed by atoms with E-state index in [0.29, 0.717) is 12.8 Å². The summed E-state index contributed by atoms with van der Waals surface area (Å²) in [4.78, 5) is 34.4. The van der Waals surface area contributed by atoms with Gasteiger partial charge in [-0.05, 0) is 12.8 Å². The fourth-order valence-electron chi connectivity index (χ4n) is 5.11. The third kappa shape index (κ3) is 31.6. The predicted octanol–water partition coefficient (Wildman–Crippen LogP) is 8.72. The molecule has 0 rings (SSSR count). The van der Waals surface area contributed by atoms with E-state index in [0.717, 1.165) is 38.5 Å². The maximum atomic E-state index is 12.5. The Labute approximate surface area is 280 Å². The summed E-state index contributed by atoms with van der Waals surface area (Å²) in [7, 11) is -4.59. The van der Waals surface area contributed by atoms with Crippen molar-refractivity contribution in [3.63, 3.8) is 0 Å². The number of carbonyl (C=O) groups is 2. The van der Waals surface area contributed by atoms with E-state index >= 15 is 0 Å². The van der Waals surface area contributed by atoms with E-state index in [1.165, 1.54) is 96.3 Å². The fourth-order valence-corrected chi connectivity index (χ4v) is 5.90. The quantitative estimate of drug-likeness (QED) is 0.0337. The Bertz CT molecular complexity index is 751. The van der Waals surface area contributed by atoms with Crippen LogP contribution in [0, 0.1) is 0 Å². The first-order valence-electron chi connectivity index (χ1n) is 18.5. The van der Waals surface area contributed by atoms with Gasteiger partial charge in [0.1, 0.15) is 12.7 Å². The summed E-state index contributed by atoms with van der Waals surface area (Å²) in [5.74, 6) is -0.936. The van der Waals surface area contributed by atoms with Crippen LogP contribution >= 0.6 is 7.82 Å². The number of phosphoric acid groups is 1. The van der Waals surface area contributed by atoms with Crippen molar-refractivity contribution in [2.45, 2.75) is 187 Å². The van der Waals surface area contributed by atoms with Crippen molar-refractivity contribution in [3.05, 3.63) is 0 Å². The molecule has 46 heavy (non-hydrogen) atoms. The highest BCUT2D eigenvalue weighted by Crippen LogP contribution is 2.43. The van der Waals surface area contributed by atoms with Gasteiger partial charge in [0.2, 0.25) is 0 Å². The van der Waals surface area contributed by atoms with Crippen molar-refractivity contribution in [1.29, 1.82) is 0 Å². The van der Waals surface area contributed by atoms with Gasteiger partial charge in [0.25, 0.3) is 0 Å². The normalized spacial score (nSPS) is 14.1. The number of hydrogen-bond acceptors (Lipinski definition) is 9. The first-order chi connectivity index (χ1) is 22.2. The molecular weight excluding hydrogens is 611 g/mol. The van der Waals surface area contributed by atoms with Crippen molar-refractivity contribution in [1.82, 2.24) is 0 Å². The summed E-state index contributed by atoms with van der Waals surface area (Å²) >= 11 is 0. The van der Waals surface area contributed by atoms with Crippen molar-refractivity contribution in [2.24, 2.45) is 0 Å². The lowest BCUT2D eigenvalue weighted by Gasteiger charge is -2.20. The molecule has 0 aliphatic heterocycles. The number of aliphatic hydroxyl groups is 2. The fraction of sp³-hybridized carbons (Fsp3) is 0.943. The van der Waals surface area contributed by atoms with Crippen molar-refractivity contribution in [2.75, 3.05) is 26.4 Å². The van der Waals surface area contributed by atoms with Crippen molar-refractivity contribution in [3.8, 4) is 0 Å². The molecule has 0 radical (unpaired) electrons. The minimum absolute atomic E-state index is 0.191. The topological polar surface area (TPSA) is 149 Å². The van der Waals surface area contributed by atoms with E-state index in [1.807, 2.05) is 0 Å². The number of aliphatic hydroxyl groups excluding tert-OH is 2. The second kappa shape index (κ2) is 32.5. The van der Waals surface area contributed by atoms with Gasteiger partial charge < -0.3 is 24.6 Å². The SMILES string of the molecule is CCCCCCCCCCCCCCCCCCCCCC(=O)OC(COC(=O)CCCCCC)COP(=O)(O)OCC(O)CO. The molecule has 0 aromatic rings. The molecule has 0 saturated heterocycles. The van der Waals surface area contributed by atoms with Gasteiger partial charge in [-0.2, -0.15) is 0 Å². The Morgan fingerprint density at radius 2 is 0.935 bits per heavy atom. The standard InChI is InChI=1S/C35H69O10P/c1-3-5-7-9-10-11-12-13-14-15-16-17-18-19-20-21-22-23-25-27-35(39)45-33(30-42-34(38)26-24-8-6-4-2)31-44-46(40,41)43-29-32(37)28-36/h32-33,36-37H,3-31H2,1-2H3,(H,40,41). The molecule has 10 nitrogen and oxygen atoms in total. The van der Waals surface area contributed by atoms with Crippen LogP contribution in [0.1, 0.15) is 174 Å². The zero-order chi connectivity index (χ0) is 34.1. The van der Waals surface area contributed by atoms with Crippen LogP contribution in [0.5, 0.6) is 0 Å². The third-order valence-electron chi connectivity index (χ3n) is 8.01. The van der Waals surface area contributed by atoms with Crippen LogP contribution in [-0.4, -0.2) is 65.7 Å². The molecule has 3 unspecified atom stereocenters. The van der Waals surface area contributed by atoms with Gasteiger partial charge in [-0.1, -0.05) is 149 Å². The molecule has 0 heterocycles. The van der Waals surface area contributed by atoms with Crippen LogP contribution in [0.25, 0.3) is 0 Å². The summed E-state index contributed by atoms with van der Waals surface area (Å²) < 4.78 is 32.3. The molecule has 0 bridgehead atoms. The molecule has 0 aliphatic rings. The molecule has 0 amide bonds. The van der Waals surface area contributed by atoms with Gasteiger partial charge in [0.15, 0.2) is 6.10 Å². The second-order valence-electron chi connectivity index (χ2n) is 12.6. The van der Waals surface area contributed by atoms with Gasteiger partial charge >= 0.3 is 19.8 Å². The largest absolute Gasteiger partial charge is 0.472 e. The number of hydrogen-bond donors (Lipinski definition) is 3. The second-order valence-corrected chi connectivity index (χ2v) is 14.1. The molecule has 0 spiro atoms. The van der Waals surface area contributed by atoms with Gasteiger partial charge in [-0.15, -0.1) is 0 Å². The predicted molar refractivity (Wildman–Crippen MR) is 182 cm³/mol. The highest BCUT2D eigenvalue weighted by Gasteiger charge is 2.27. The number of phosphoric ester groups is 1. The maximum absolute atomic E-state index is 12.5. The average molecular weight is 681 g/mol. The Hall–Kier alpha value is -1.03. The van der Waals surface area contributed by atoms with Crippen LogP contribution in [0.4, 0.5) is 0 Å². The lowest BCUT2D eigenvalue weighted by atomic mass is 10.0. The zero-order valence-electron chi connectivity index (χ0n) is 29.3. The lowest BCUT2D eigenvalue weighted by molar-refractivity contribution is -0.161. The number of ether oxygens (including phenoxy) is 2. The van der Waals surface area contributed by atoms with Gasteiger partial charge in [-0.25, -0.2) is 4.57 Å². The minimum atomic E-state index is -4.59. The molecular formula is C35H69O10P. The Morgan fingerprint density at radius 1 is 0.565 bits per heavy atom. The minimum Gasteiger partial charge on any atom is -0.462 e. The molecule has 3 atom stereocenters. The monoisotopic (exact) mass is 680 g/mol. The molecule has 0 fully saturated rings. The summed E-state index contributed by atoms with van der Waals surface area (Å²) in [6, 6.07) is 0. The molecule has 0 aromatic carbocycles. The molecule has 0 aromatic heterocycles. The Balaban J connectivity index is 4.09. The van der Waals surface area contributed by atoms with Crippen LogP contribution in [0.15, 0.2) is 0 Å². The summed E-state index contributed by atoms with van der Waals surface area (Å²) in [5.41, 5.74) is 0.